The van der Waals surface area contributed by atoms with Gasteiger partial charge in [-0.15, -0.1) is 0 Å². The Kier molecular flexibility index (Phi) is 1.34. The Labute approximate surface area is 73.1 Å². The molecule has 1 heterocycles. The fraction of sp³-hybridized carbons (Fsp3) is 0.636. The van der Waals surface area contributed by atoms with Crippen LogP contribution in [0, 0.1) is 5.92 Å². The van der Waals surface area contributed by atoms with Gasteiger partial charge in [-0.1, -0.05) is 12.2 Å². The highest BCUT2D eigenvalue weighted by atomic mass is 16.5. The lowest BCUT2D eigenvalue weighted by molar-refractivity contribution is 0.128. The first-order valence-corrected chi connectivity index (χ1v) is 5.00. The van der Waals surface area contributed by atoms with E-state index in [1.807, 2.05) is 0 Å². The van der Waals surface area contributed by atoms with Crippen LogP contribution < -0.4 is 0 Å². The summed E-state index contributed by atoms with van der Waals surface area (Å²) in [7, 11) is 0. The van der Waals surface area contributed by atoms with Crippen molar-refractivity contribution in [1.82, 2.24) is 0 Å². The van der Waals surface area contributed by atoms with Crippen molar-refractivity contribution in [2.45, 2.75) is 38.2 Å². The Bertz CT molecular complexity index is 262. The highest BCUT2D eigenvalue weighted by molar-refractivity contribution is 5.29. The second kappa shape index (κ2) is 2.38. The van der Waals surface area contributed by atoms with Gasteiger partial charge in [0.05, 0.1) is 5.76 Å². The average Bonchev–Trinajstić information content (AvgIpc) is 2.62. The maximum atomic E-state index is 5.91. The molecule has 3 aliphatic rings. The maximum absolute atomic E-state index is 5.91. The molecule has 0 aromatic rings. The molecule has 12 heavy (non-hydrogen) atoms. The molecular weight excluding hydrogens is 148 g/mol. The van der Waals surface area contributed by atoms with Gasteiger partial charge in [0.1, 0.15) is 6.10 Å². The van der Waals surface area contributed by atoms with Gasteiger partial charge in [0, 0.05) is 18.8 Å². The van der Waals surface area contributed by atoms with Crippen LogP contribution in [-0.4, -0.2) is 6.10 Å². The quantitative estimate of drug-likeness (QED) is 0.498. The average molecular weight is 162 g/mol. The van der Waals surface area contributed by atoms with E-state index in [1.165, 1.54) is 31.4 Å². The lowest BCUT2D eigenvalue weighted by Gasteiger charge is -2.13. The van der Waals surface area contributed by atoms with Crippen LogP contribution in [0.3, 0.4) is 0 Å². The first-order valence-electron chi connectivity index (χ1n) is 5.00. The summed E-state index contributed by atoms with van der Waals surface area (Å²) in [5.41, 5.74) is 1.63. The van der Waals surface area contributed by atoms with E-state index in [9.17, 15) is 0 Å². The molecule has 0 aromatic carbocycles. The maximum Gasteiger partial charge on any atom is 0.112 e. The molecule has 0 unspecified atom stereocenters. The van der Waals surface area contributed by atoms with E-state index in [1.54, 1.807) is 5.57 Å². The Hall–Kier alpha value is -0.720. The van der Waals surface area contributed by atoms with Crippen LogP contribution in [0.15, 0.2) is 23.5 Å². The molecule has 2 atom stereocenters. The minimum Gasteiger partial charge on any atom is -0.494 e. The lowest BCUT2D eigenvalue weighted by Crippen LogP contribution is -2.10. The summed E-state index contributed by atoms with van der Waals surface area (Å²) in [4.78, 5) is 0. The van der Waals surface area contributed by atoms with Crippen LogP contribution in [0.25, 0.3) is 0 Å². The van der Waals surface area contributed by atoms with E-state index in [2.05, 4.69) is 12.2 Å². The van der Waals surface area contributed by atoms with Gasteiger partial charge in [-0.05, 0) is 24.8 Å². The van der Waals surface area contributed by atoms with Crippen molar-refractivity contribution in [3.05, 3.63) is 23.5 Å². The van der Waals surface area contributed by atoms with E-state index >= 15 is 0 Å². The second-order valence-electron chi connectivity index (χ2n) is 4.00. The molecular formula is C11H14O. The van der Waals surface area contributed by atoms with Gasteiger partial charge in [-0.3, -0.25) is 0 Å². The molecule has 64 valence electrons. The smallest absolute Gasteiger partial charge is 0.112 e. The summed E-state index contributed by atoms with van der Waals surface area (Å²) in [5, 5.41) is 0. The number of fused-ring (bicyclic) bond motifs is 2. The number of rotatable bonds is 0. The van der Waals surface area contributed by atoms with Crippen molar-refractivity contribution < 1.29 is 4.74 Å². The van der Waals surface area contributed by atoms with Gasteiger partial charge in [-0.2, -0.15) is 0 Å². The number of hydrogen-bond donors (Lipinski definition) is 0. The van der Waals surface area contributed by atoms with E-state index in [-0.39, 0.29) is 0 Å². The molecule has 0 N–H and O–H groups in total. The highest BCUT2D eigenvalue weighted by Gasteiger charge is 2.37. The second-order valence-corrected chi connectivity index (χ2v) is 4.00. The third-order valence-electron chi connectivity index (χ3n) is 3.27. The predicted octanol–water partition coefficient (Wildman–Crippen LogP) is 2.79. The summed E-state index contributed by atoms with van der Waals surface area (Å²) in [6, 6.07) is 0. The molecule has 0 aromatic heterocycles. The van der Waals surface area contributed by atoms with Crippen molar-refractivity contribution in [2.24, 2.45) is 5.92 Å². The van der Waals surface area contributed by atoms with Crippen molar-refractivity contribution in [2.75, 3.05) is 0 Å². The van der Waals surface area contributed by atoms with Crippen LogP contribution in [0.4, 0.5) is 0 Å². The molecule has 2 aliphatic carbocycles. The molecule has 0 spiro atoms. The SMILES string of the molecule is C1=C[C@@H]2C3=C(CCCC3)O[C@@H]2C1. The first kappa shape index (κ1) is 6.76. The monoisotopic (exact) mass is 162 g/mol. The molecule has 0 bridgehead atoms. The zero-order valence-electron chi connectivity index (χ0n) is 7.25. The van der Waals surface area contributed by atoms with Crippen LogP contribution in [0.2, 0.25) is 0 Å². The Morgan fingerprint density at radius 3 is 3.17 bits per heavy atom. The van der Waals surface area contributed by atoms with Gasteiger partial charge in [-0.25, -0.2) is 0 Å². The van der Waals surface area contributed by atoms with Gasteiger partial charge in [0.2, 0.25) is 0 Å². The standard InChI is InChI=1S/C11H14O/c1-2-6-10-8(4-1)9-5-3-7-11(9)12-10/h3,5,9,11H,1-2,4,6-7H2/t9-,11-/m1/s1. The van der Waals surface area contributed by atoms with Crippen molar-refractivity contribution in [1.29, 1.82) is 0 Å². The molecule has 0 saturated carbocycles. The van der Waals surface area contributed by atoms with Crippen molar-refractivity contribution >= 4 is 0 Å². The molecule has 3 rings (SSSR count). The van der Waals surface area contributed by atoms with E-state index in [0.717, 1.165) is 6.42 Å². The number of hydrogen-bond acceptors (Lipinski definition) is 1. The van der Waals surface area contributed by atoms with Crippen LogP contribution in [-0.2, 0) is 4.74 Å². The number of ether oxygens (including phenoxy) is 1. The van der Waals surface area contributed by atoms with E-state index < -0.39 is 0 Å². The fourth-order valence-electron chi connectivity index (χ4n) is 2.66. The molecule has 1 nitrogen and oxygen atoms in total. The van der Waals surface area contributed by atoms with Gasteiger partial charge in [0.25, 0.3) is 0 Å². The predicted molar refractivity (Wildman–Crippen MR) is 47.6 cm³/mol. The third kappa shape index (κ3) is 0.796. The van der Waals surface area contributed by atoms with E-state index in [0.29, 0.717) is 12.0 Å². The van der Waals surface area contributed by atoms with Crippen molar-refractivity contribution in [3.8, 4) is 0 Å². The summed E-state index contributed by atoms with van der Waals surface area (Å²) in [6.45, 7) is 0. The summed E-state index contributed by atoms with van der Waals surface area (Å²) in [6.07, 6.45) is 11.5. The first-order chi connectivity index (χ1) is 5.95. The largest absolute Gasteiger partial charge is 0.494 e. The van der Waals surface area contributed by atoms with Crippen LogP contribution in [0.1, 0.15) is 32.1 Å². The molecule has 0 amide bonds. The van der Waals surface area contributed by atoms with E-state index in [4.69, 9.17) is 4.74 Å². The van der Waals surface area contributed by atoms with Crippen LogP contribution in [0.5, 0.6) is 0 Å². The number of allylic oxidation sites excluding steroid dienone is 1. The highest BCUT2D eigenvalue weighted by Crippen LogP contribution is 2.44. The minimum absolute atomic E-state index is 0.494. The molecule has 0 saturated heterocycles. The summed E-state index contributed by atoms with van der Waals surface area (Å²) < 4.78 is 5.91. The van der Waals surface area contributed by atoms with Crippen molar-refractivity contribution in [3.63, 3.8) is 0 Å². The van der Waals surface area contributed by atoms with Gasteiger partial charge < -0.3 is 4.74 Å². The Morgan fingerprint density at radius 1 is 1.25 bits per heavy atom. The fourth-order valence-corrected chi connectivity index (χ4v) is 2.66. The van der Waals surface area contributed by atoms with Gasteiger partial charge in [0.15, 0.2) is 0 Å². The zero-order chi connectivity index (χ0) is 7.97. The normalized spacial score (nSPS) is 38.0. The molecule has 1 heteroatoms. The minimum atomic E-state index is 0.494. The zero-order valence-corrected chi connectivity index (χ0v) is 7.25. The molecule has 1 aliphatic heterocycles. The third-order valence-corrected chi connectivity index (χ3v) is 3.27. The topological polar surface area (TPSA) is 9.23 Å². The Balaban J connectivity index is 1.95. The lowest BCUT2D eigenvalue weighted by atomic mass is 9.89. The molecule has 0 radical (unpaired) electrons. The summed E-state index contributed by atoms with van der Waals surface area (Å²) in [5.74, 6) is 2.01. The van der Waals surface area contributed by atoms with Crippen LogP contribution >= 0.6 is 0 Å². The van der Waals surface area contributed by atoms with Gasteiger partial charge >= 0.3 is 0 Å². The molecule has 0 fully saturated rings. The summed E-state index contributed by atoms with van der Waals surface area (Å²) >= 11 is 0. The Morgan fingerprint density at radius 2 is 2.17 bits per heavy atom.